The van der Waals surface area contributed by atoms with Crippen LogP contribution in [0.3, 0.4) is 0 Å². The summed E-state index contributed by atoms with van der Waals surface area (Å²) in [6.45, 7) is 0.295. The van der Waals surface area contributed by atoms with Crippen molar-refractivity contribution in [3.05, 3.63) is 70.8 Å². The minimum absolute atomic E-state index is 0.0695. The maximum atomic E-state index is 12.7. The van der Waals surface area contributed by atoms with Crippen LogP contribution >= 0.6 is 11.3 Å². The van der Waals surface area contributed by atoms with E-state index >= 15 is 0 Å². The van der Waals surface area contributed by atoms with Crippen LogP contribution in [0.4, 0.5) is 0 Å². The molecule has 0 saturated carbocycles. The maximum Gasteiger partial charge on any atom is 0.271 e. The van der Waals surface area contributed by atoms with Crippen molar-refractivity contribution < 1.29 is 9.53 Å². The van der Waals surface area contributed by atoms with Crippen LogP contribution in [0.15, 0.2) is 59.7 Å². The summed E-state index contributed by atoms with van der Waals surface area (Å²) in [4.78, 5) is 29.4. The van der Waals surface area contributed by atoms with Gasteiger partial charge in [0, 0.05) is 16.6 Å². The smallest absolute Gasteiger partial charge is 0.271 e. The van der Waals surface area contributed by atoms with Crippen molar-refractivity contribution in [3.63, 3.8) is 0 Å². The molecule has 2 aromatic carbocycles. The fourth-order valence-corrected chi connectivity index (χ4v) is 4.03. The Labute approximate surface area is 159 Å². The van der Waals surface area contributed by atoms with Crippen LogP contribution < -0.4 is 15.6 Å². The highest BCUT2D eigenvalue weighted by atomic mass is 32.1. The van der Waals surface area contributed by atoms with Crippen molar-refractivity contribution in [1.29, 1.82) is 0 Å². The molecule has 7 heteroatoms. The normalized spacial score (nSPS) is 11.0. The SMILES string of the molecule is COc1cccc(CNC(=O)Cn2cnc3c(sc4ccccc43)c2=O)c1. The van der Waals surface area contributed by atoms with E-state index in [1.54, 1.807) is 7.11 Å². The number of amides is 1. The van der Waals surface area contributed by atoms with Gasteiger partial charge in [-0.05, 0) is 23.8 Å². The summed E-state index contributed by atoms with van der Waals surface area (Å²) in [6, 6.07) is 15.2. The number of benzene rings is 2. The van der Waals surface area contributed by atoms with Crippen LogP contribution in [0.25, 0.3) is 20.3 Å². The first-order valence-corrected chi connectivity index (χ1v) is 9.23. The Balaban J connectivity index is 1.52. The van der Waals surface area contributed by atoms with Crippen LogP contribution in [-0.4, -0.2) is 22.6 Å². The zero-order valence-corrected chi connectivity index (χ0v) is 15.5. The molecule has 4 rings (SSSR count). The molecule has 2 aromatic heterocycles. The highest BCUT2D eigenvalue weighted by Crippen LogP contribution is 2.29. The molecule has 27 heavy (non-hydrogen) atoms. The average molecular weight is 379 g/mol. The van der Waals surface area contributed by atoms with Gasteiger partial charge >= 0.3 is 0 Å². The topological polar surface area (TPSA) is 73.2 Å². The minimum Gasteiger partial charge on any atom is -0.497 e. The molecular weight excluding hydrogens is 362 g/mol. The summed E-state index contributed by atoms with van der Waals surface area (Å²) in [5.41, 5.74) is 1.42. The van der Waals surface area contributed by atoms with Gasteiger partial charge in [0.2, 0.25) is 5.91 Å². The number of methoxy groups -OCH3 is 1. The Kier molecular flexibility index (Phi) is 4.60. The maximum absolute atomic E-state index is 12.7. The zero-order valence-electron chi connectivity index (χ0n) is 14.6. The lowest BCUT2D eigenvalue weighted by atomic mass is 10.2. The summed E-state index contributed by atoms with van der Waals surface area (Å²) >= 11 is 1.40. The highest BCUT2D eigenvalue weighted by molar-refractivity contribution is 7.25. The molecule has 0 saturated heterocycles. The van der Waals surface area contributed by atoms with Gasteiger partial charge in [0.15, 0.2) is 0 Å². The predicted molar refractivity (Wildman–Crippen MR) is 106 cm³/mol. The first-order chi connectivity index (χ1) is 13.2. The summed E-state index contributed by atoms with van der Waals surface area (Å²) < 4.78 is 8.10. The minimum atomic E-state index is -0.248. The van der Waals surface area contributed by atoms with Crippen LogP contribution in [0, 0.1) is 0 Å². The largest absolute Gasteiger partial charge is 0.497 e. The molecule has 0 bridgehead atoms. The summed E-state index contributed by atoms with van der Waals surface area (Å²) in [6.07, 6.45) is 1.44. The molecule has 0 unspecified atom stereocenters. The van der Waals surface area contributed by atoms with Crippen molar-refractivity contribution in [2.45, 2.75) is 13.1 Å². The highest BCUT2D eigenvalue weighted by Gasteiger charge is 2.13. The number of nitrogens with one attached hydrogen (secondary N) is 1. The number of hydrogen-bond donors (Lipinski definition) is 1. The van der Waals surface area contributed by atoms with Crippen molar-refractivity contribution in [2.24, 2.45) is 0 Å². The van der Waals surface area contributed by atoms with Crippen LogP contribution in [-0.2, 0) is 17.9 Å². The second kappa shape index (κ2) is 7.20. The molecule has 0 aliphatic rings. The lowest BCUT2D eigenvalue weighted by molar-refractivity contribution is -0.121. The number of carbonyl (C=O) groups excluding carboxylic acids is 1. The van der Waals surface area contributed by atoms with Crippen molar-refractivity contribution in [3.8, 4) is 5.75 Å². The molecular formula is C20H17N3O3S. The van der Waals surface area contributed by atoms with Crippen LogP contribution in [0.1, 0.15) is 5.56 Å². The summed E-state index contributed by atoms with van der Waals surface area (Å²) in [7, 11) is 1.60. The van der Waals surface area contributed by atoms with E-state index in [1.165, 1.54) is 22.2 Å². The lowest BCUT2D eigenvalue weighted by Gasteiger charge is -2.08. The standard InChI is InChI=1S/C20H17N3O3S/c1-26-14-6-4-5-13(9-14)10-21-17(24)11-23-12-22-18-15-7-2-3-8-16(15)27-19(18)20(23)25/h2-9,12H,10-11H2,1H3,(H,21,24). The van der Waals surface area contributed by atoms with Gasteiger partial charge in [0.1, 0.15) is 17.0 Å². The van der Waals surface area contributed by atoms with Gasteiger partial charge in [-0.25, -0.2) is 4.98 Å². The molecule has 1 amide bonds. The zero-order chi connectivity index (χ0) is 18.8. The van der Waals surface area contributed by atoms with E-state index in [0.717, 1.165) is 21.4 Å². The van der Waals surface area contributed by atoms with E-state index in [2.05, 4.69) is 10.3 Å². The molecule has 0 atom stereocenters. The fourth-order valence-electron chi connectivity index (χ4n) is 2.92. The molecule has 0 radical (unpaired) electrons. The molecule has 4 aromatic rings. The average Bonchev–Trinajstić information content (AvgIpc) is 3.08. The molecule has 0 spiro atoms. The predicted octanol–water partition coefficient (Wildman–Crippen LogP) is 2.94. The van der Waals surface area contributed by atoms with Gasteiger partial charge in [0.25, 0.3) is 5.56 Å². The van der Waals surface area contributed by atoms with E-state index in [-0.39, 0.29) is 18.0 Å². The Hall–Kier alpha value is -3.19. The number of fused-ring (bicyclic) bond motifs is 3. The third-order valence-electron chi connectivity index (χ3n) is 4.29. The first kappa shape index (κ1) is 17.2. The summed E-state index contributed by atoms with van der Waals surface area (Å²) in [5, 5.41) is 3.78. The van der Waals surface area contributed by atoms with E-state index in [4.69, 9.17) is 4.74 Å². The Morgan fingerprint density at radius 1 is 1.22 bits per heavy atom. The number of hydrogen-bond acceptors (Lipinski definition) is 5. The Morgan fingerprint density at radius 2 is 2.07 bits per heavy atom. The molecule has 0 fully saturated rings. The van der Waals surface area contributed by atoms with Gasteiger partial charge < -0.3 is 10.1 Å². The second-order valence-corrected chi connectivity index (χ2v) is 7.13. The van der Waals surface area contributed by atoms with E-state index in [9.17, 15) is 9.59 Å². The van der Waals surface area contributed by atoms with Crippen molar-refractivity contribution >= 4 is 37.5 Å². The number of nitrogens with zero attached hydrogens (tertiary/aromatic N) is 2. The van der Waals surface area contributed by atoms with Gasteiger partial charge in [-0.3, -0.25) is 14.2 Å². The molecule has 136 valence electrons. The van der Waals surface area contributed by atoms with Gasteiger partial charge in [0.05, 0.1) is 19.0 Å². The monoisotopic (exact) mass is 379 g/mol. The Morgan fingerprint density at radius 3 is 2.93 bits per heavy atom. The van der Waals surface area contributed by atoms with E-state index in [1.807, 2.05) is 48.5 Å². The van der Waals surface area contributed by atoms with E-state index < -0.39 is 0 Å². The first-order valence-electron chi connectivity index (χ1n) is 8.42. The third kappa shape index (κ3) is 3.41. The number of rotatable bonds is 5. The van der Waals surface area contributed by atoms with Gasteiger partial charge in [-0.2, -0.15) is 0 Å². The van der Waals surface area contributed by atoms with E-state index in [0.29, 0.717) is 16.8 Å². The van der Waals surface area contributed by atoms with Gasteiger partial charge in [-0.15, -0.1) is 11.3 Å². The molecule has 0 aliphatic heterocycles. The summed E-state index contributed by atoms with van der Waals surface area (Å²) in [5.74, 6) is 0.486. The quantitative estimate of drug-likeness (QED) is 0.579. The van der Waals surface area contributed by atoms with Gasteiger partial charge in [-0.1, -0.05) is 30.3 Å². The van der Waals surface area contributed by atoms with Crippen LogP contribution in [0.2, 0.25) is 0 Å². The third-order valence-corrected chi connectivity index (χ3v) is 5.44. The molecule has 2 heterocycles. The number of carbonyl (C=O) groups is 1. The second-order valence-electron chi connectivity index (χ2n) is 6.08. The van der Waals surface area contributed by atoms with Crippen molar-refractivity contribution in [2.75, 3.05) is 7.11 Å². The molecule has 6 nitrogen and oxygen atoms in total. The number of aromatic nitrogens is 2. The molecule has 0 aliphatic carbocycles. The Bertz CT molecular complexity index is 1200. The lowest BCUT2D eigenvalue weighted by Crippen LogP contribution is -2.31. The molecule has 1 N–H and O–H groups in total. The number of ether oxygens (including phenoxy) is 1. The van der Waals surface area contributed by atoms with Crippen molar-refractivity contribution in [1.82, 2.24) is 14.9 Å². The van der Waals surface area contributed by atoms with Crippen LogP contribution in [0.5, 0.6) is 5.75 Å². The fraction of sp³-hybridized carbons (Fsp3) is 0.150. The number of thiophene rings is 1.